The van der Waals surface area contributed by atoms with Gasteiger partial charge in [0.1, 0.15) is 6.04 Å². The standard InChI is InChI=1S/C18H26N2O3/c1-2-3-9-16(18(22)23)19-17(21)15-8-6-7-14(12-15)13-20-10-4-5-11-20/h6-8,12,16H,2-5,9-11,13H2,1H3,(H,19,21)(H,22,23). The van der Waals surface area contributed by atoms with E-state index in [1.807, 2.05) is 25.1 Å². The van der Waals surface area contributed by atoms with Gasteiger partial charge in [0, 0.05) is 12.1 Å². The second-order valence-corrected chi connectivity index (χ2v) is 6.19. The fourth-order valence-corrected chi connectivity index (χ4v) is 2.92. The van der Waals surface area contributed by atoms with Crippen LogP contribution in [-0.4, -0.2) is 41.0 Å². The number of unbranched alkanes of at least 4 members (excludes halogenated alkanes) is 1. The topological polar surface area (TPSA) is 69.6 Å². The van der Waals surface area contributed by atoms with Crippen molar-refractivity contribution in [3.63, 3.8) is 0 Å². The lowest BCUT2D eigenvalue weighted by Crippen LogP contribution is -2.40. The van der Waals surface area contributed by atoms with Gasteiger partial charge < -0.3 is 10.4 Å². The highest BCUT2D eigenvalue weighted by molar-refractivity contribution is 5.96. The zero-order valence-corrected chi connectivity index (χ0v) is 13.8. The molecule has 0 radical (unpaired) electrons. The molecule has 5 nitrogen and oxygen atoms in total. The summed E-state index contributed by atoms with van der Waals surface area (Å²) in [6.07, 6.45) is 4.62. The molecule has 1 aliphatic heterocycles. The maximum atomic E-state index is 12.3. The first kappa shape index (κ1) is 17.5. The van der Waals surface area contributed by atoms with Crippen LogP contribution in [-0.2, 0) is 11.3 Å². The normalized spacial score (nSPS) is 16.2. The zero-order valence-electron chi connectivity index (χ0n) is 13.8. The number of benzene rings is 1. The molecule has 1 saturated heterocycles. The van der Waals surface area contributed by atoms with Gasteiger partial charge in [0.25, 0.3) is 5.91 Å². The van der Waals surface area contributed by atoms with E-state index >= 15 is 0 Å². The molecule has 1 unspecified atom stereocenters. The second-order valence-electron chi connectivity index (χ2n) is 6.19. The van der Waals surface area contributed by atoms with Crippen LogP contribution in [0.3, 0.4) is 0 Å². The molecule has 1 heterocycles. The number of carbonyl (C=O) groups is 2. The van der Waals surface area contributed by atoms with Crippen LogP contribution in [0, 0.1) is 0 Å². The largest absolute Gasteiger partial charge is 0.480 e. The van der Waals surface area contributed by atoms with Gasteiger partial charge in [0.05, 0.1) is 0 Å². The third-order valence-corrected chi connectivity index (χ3v) is 4.24. The Morgan fingerprint density at radius 2 is 2.04 bits per heavy atom. The van der Waals surface area contributed by atoms with E-state index in [2.05, 4.69) is 10.2 Å². The molecule has 23 heavy (non-hydrogen) atoms. The van der Waals surface area contributed by atoms with E-state index in [9.17, 15) is 14.7 Å². The molecule has 1 amide bonds. The highest BCUT2D eigenvalue weighted by Crippen LogP contribution is 2.14. The number of nitrogens with zero attached hydrogens (tertiary/aromatic N) is 1. The Hall–Kier alpha value is -1.88. The molecule has 1 aromatic carbocycles. The lowest BCUT2D eigenvalue weighted by atomic mass is 10.1. The molecule has 0 aliphatic carbocycles. The summed E-state index contributed by atoms with van der Waals surface area (Å²) in [5, 5.41) is 11.9. The fraction of sp³-hybridized carbons (Fsp3) is 0.556. The van der Waals surface area contributed by atoms with Crippen LogP contribution in [0.4, 0.5) is 0 Å². The van der Waals surface area contributed by atoms with E-state index < -0.39 is 12.0 Å². The number of aliphatic carboxylic acids is 1. The Labute approximate surface area is 137 Å². The molecule has 1 aromatic rings. The van der Waals surface area contributed by atoms with E-state index in [4.69, 9.17) is 0 Å². The van der Waals surface area contributed by atoms with Gasteiger partial charge >= 0.3 is 5.97 Å². The summed E-state index contributed by atoms with van der Waals surface area (Å²) in [7, 11) is 0. The number of nitrogens with one attached hydrogen (secondary N) is 1. The van der Waals surface area contributed by atoms with E-state index in [0.29, 0.717) is 12.0 Å². The SMILES string of the molecule is CCCCC(NC(=O)c1cccc(CN2CCCC2)c1)C(=O)O. The van der Waals surface area contributed by atoms with Crippen molar-refractivity contribution in [2.75, 3.05) is 13.1 Å². The van der Waals surface area contributed by atoms with E-state index in [0.717, 1.165) is 38.0 Å². The summed E-state index contributed by atoms with van der Waals surface area (Å²) >= 11 is 0. The van der Waals surface area contributed by atoms with Crippen molar-refractivity contribution in [1.82, 2.24) is 10.2 Å². The average Bonchev–Trinajstić information content (AvgIpc) is 3.04. The van der Waals surface area contributed by atoms with Crippen LogP contribution >= 0.6 is 0 Å². The van der Waals surface area contributed by atoms with Crippen LogP contribution in [0.15, 0.2) is 24.3 Å². The van der Waals surface area contributed by atoms with Gasteiger partial charge in [0.2, 0.25) is 0 Å². The van der Waals surface area contributed by atoms with Crippen molar-refractivity contribution in [3.8, 4) is 0 Å². The summed E-state index contributed by atoms with van der Waals surface area (Å²) in [6.45, 7) is 5.06. The minimum Gasteiger partial charge on any atom is -0.480 e. The van der Waals surface area contributed by atoms with Gasteiger partial charge in [-0.2, -0.15) is 0 Å². The number of amides is 1. The monoisotopic (exact) mass is 318 g/mol. The van der Waals surface area contributed by atoms with Crippen LogP contribution < -0.4 is 5.32 Å². The van der Waals surface area contributed by atoms with Gasteiger partial charge in [-0.15, -0.1) is 0 Å². The smallest absolute Gasteiger partial charge is 0.326 e. The minimum absolute atomic E-state index is 0.309. The van der Waals surface area contributed by atoms with Crippen molar-refractivity contribution < 1.29 is 14.7 Å². The van der Waals surface area contributed by atoms with Gasteiger partial charge in [-0.05, 0) is 50.0 Å². The predicted molar refractivity (Wildman–Crippen MR) is 89.4 cm³/mol. The summed E-state index contributed by atoms with van der Waals surface area (Å²) < 4.78 is 0. The first-order chi connectivity index (χ1) is 11.1. The number of carboxylic acid groups (broad SMARTS) is 1. The molecule has 1 aliphatic rings. The minimum atomic E-state index is -0.972. The van der Waals surface area contributed by atoms with Crippen molar-refractivity contribution in [1.29, 1.82) is 0 Å². The molecule has 5 heteroatoms. The summed E-state index contributed by atoms with van der Waals surface area (Å²) in [4.78, 5) is 25.9. The molecular formula is C18H26N2O3. The van der Waals surface area contributed by atoms with Gasteiger partial charge in [-0.25, -0.2) is 4.79 Å². The van der Waals surface area contributed by atoms with Crippen LogP contribution in [0.2, 0.25) is 0 Å². The molecule has 1 fully saturated rings. The third-order valence-electron chi connectivity index (χ3n) is 4.24. The molecule has 2 N–H and O–H groups in total. The van der Waals surface area contributed by atoms with Gasteiger partial charge in [-0.3, -0.25) is 9.69 Å². The molecule has 0 spiro atoms. The highest BCUT2D eigenvalue weighted by Gasteiger charge is 2.20. The first-order valence-electron chi connectivity index (χ1n) is 8.45. The number of rotatable bonds is 8. The summed E-state index contributed by atoms with van der Waals surface area (Å²) in [5.74, 6) is -1.28. The molecule has 0 saturated carbocycles. The lowest BCUT2D eigenvalue weighted by Gasteiger charge is -2.16. The number of likely N-dealkylation sites (tertiary alicyclic amines) is 1. The Kier molecular flexibility index (Phi) is 6.59. The first-order valence-corrected chi connectivity index (χ1v) is 8.45. The van der Waals surface area contributed by atoms with Crippen molar-refractivity contribution >= 4 is 11.9 Å². The maximum Gasteiger partial charge on any atom is 0.326 e. The van der Waals surface area contributed by atoms with E-state index in [1.165, 1.54) is 12.8 Å². The Bertz CT molecular complexity index is 539. The fourth-order valence-electron chi connectivity index (χ4n) is 2.92. The highest BCUT2D eigenvalue weighted by atomic mass is 16.4. The van der Waals surface area contributed by atoms with E-state index in [1.54, 1.807) is 6.07 Å². The van der Waals surface area contributed by atoms with E-state index in [-0.39, 0.29) is 5.91 Å². The van der Waals surface area contributed by atoms with Gasteiger partial charge in [0.15, 0.2) is 0 Å². The zero-order chi connectivity index (χ0) is 16.7. The van der Waals surface area contributed by atoms with Crippen LogP contribution in [0.25, 0.3) is 0 Å². The molecule has 0 aromatic heterocycles. The predicted octanol–water partition coefficient (Wildman–Crippen LogP) is 2.66. The molecule has 2 rings (SSSR count). The van der Waals surface area contributed by atoms with Crippen molar-refractivity contribution in [2.24, 2.45) is 0 Å². The third kappa shape index (κ3) is 5.36. The Morgan fingerprint density at radius 3 is 2.70 bits per heavy atom. The number of hydrogen-bond donors (Lipinski definition) is 2. The molecular weight excluding hydrogens is 292 g/mol. The molecule has 0 bridgehead atoms. The lowest BCUT2D eigenvalue weighted by molar-refractivity contribution is -0.139. The Balaban J connectivity index is 1.98. The average molecular weight is 318 g/mol. The van der Waals surface area contributed by atoms with Crippen molar-refractivity contribution in [3.05, 3.63) is 35.4 Å². The maximum absolute atomic E-state index is 12.3. The molecule has 1 atom stereocenters. The quantitative estimate of drug-likeness (QED) is 0.773. The van der Waals surface area contributed by atoms with Crippen LogP contribution in [0.1, 0.15) is 54.9 Å². The number of carbonyl (C=O) groups excluding carboxylic acids is 1. The molecule has 126 valence electrons. The Morgan fingerprint density at radius 1 is 1.30 bits per heavy atom. The number of hydrogen-bond acceptors (Lipinski definition) is 3. The number of carboxylic acids is 1. The summed E-state index contributed by atoms with van der Waals surface area (Å²) in [6, 6.07) is 6.67. The summed E-state index contributed by atoms with van der Waals surface area (Å²) in [5.41, 5.74) is 1.63. The van der Waals surface area contributed by atoms with Crippen LogP contribution in [0.5, 0.6) is 0 Å². The van der Waals surface area contributed by atoms with Crippen molar-refractivity contribution in [2.45, 2.75) is 51.6 Å². The second kappa shape index (κ2) is 8.67. The van der Waals surface area contributed by atoms with Gasteiger partial charge in [-0.1, -0.05) is 31.9 Å².